The minimum absolute atomic E-state index is 0.0421. The van der Waals surface area contributed by atoms with E-state index in [1.807, 2.05) is 0 Å². The highest BCUT2D eigenvalue weighted by molar-refractivity contribution is 5.74. The Bertz CT molecular complexity index is 503. The van der Waals surface area contributed by atoms with Gasteiger partial charge in [0.05, 0.1) is 0 Å². The third-order valence-corrected chi connectivity index (χ3v) is 2.46. The Kier molecular flexibility index (Phi) is 5.39. The second-order valence-electron chi connectivity index (χ2n) is 3.88. The minimum atomic E-state index is -3.09. The van der Waals surface area contributed by atoms with E-state index in [1.54, 1.807) is 0 Å². The van der Waals surface area contributed by atoms with E-state index in [2.05, 4.69) is 4.74 Å². The summed E-state index contributed by atoms with van der Waals surface area (Å²) in [6, 6.07) is 3.34. The predicted molar refractivity (Wildman–Crippen MR) is 61.6 cm³/mol. The fraction of sp³-hybridized carbons (Fsp3) is 0.333. The third-order valence-electron chi connectivity index (χ3n) is 2.46. The first-order chi connectivity index (χ1) is 9.31. The Hall–Kier alpha value is -2.22. The van der Waals surface area contributed by atoms with Gasteiger partial charge in [-0.05, 0) is 29.7 Å². The maximum Gasteiger partial charge on any atom is 0.387 e. The van der Waals surface area contributed by atoms with E-state index < -0.39 is 24.7 Å². The number of aliphatic hydroxyl groups is 1. The number of rotatable bonds is 7. The molecule has 0 aliphatic heterocycles. The first-order valence-corrected chi connectivity index (χ1v) is 5.51. The van der Waals surface area contributed by atoms with Crippen LogP contribution in [0.25, 0.3) is 0 Å². The lowest BCUT2D eigenvalue weighted by Crippen LogP contribution is -2.12. The summed E-state index contributed by atoms with van der Waals surface area (Å²) < 4.78 is 28.6. The zero-order valence-corrected chi connectivity index (χ0v) is 10.1. The summed E-state index contributed by atoms with van der Waals surface area (Å²) in [5, 5.41) is 26.6. The molecule has 0 bridgehead atoms. The number of carboxylic acid groups (broad SMARTS) is 2. The molecule has 0 amide bonds. The van der Waals surface area contributed by atoms with Gasteiger partial charge in [-0.1, -0.05) is 6.07 Å². The van der Waals surface area contributed by atoms with Crippen molar-refractivity contribution in [3.63, 3.8) is 0 Å². The standard InChI is InChI=1S/C12H12F2O6/c13-12(14)20-8-3-1-7(10(17)11(18)19)5-6(8)2-4-9(15)16/h1,3,5,10,12,17H,2,4H2,(H,15,16)(H,18,19). The average Bonchev–Trinajstić information content (AvgIpc) is 2.35. The van der Waals surface area contributed by atoms with Gasteiger partial charge in [0.15, 0.2) is 6.10 Å². The lowest BCUT2D eigenvalue weighted by atomic mass is 10.0. The number of aliphatic carboxylic acids is 2. The third kappa shape index (κ3) is 4.47. The number of hydrogen-bond donors (Lipinski definition) is 3. The highest BCUT2D eigenvalue weighted by Gasteiger charge is 2.19. The summed E-state index contributed by atoms with van der Waals surface area (Å²) in [6.07, 6.45) is -2.29. The van der Waals surface area contributed by atoms with Crippen molar-refractivity contribution in [1.29, 1.82) is 0 Å². The van der Waals surface area contributed by atoms with Gasteiger partial charge >= 0.3 is 18.6 Å². The van der Waals surface area contributed by atoms with Crippen molar-refractivity contribution in [3.8, 4) is 5.75 Å². The molecule has 6 nitrogen and oxygen atoms in total. The molecule has 0 aromatic heterocycles. The average molecular weight is 290 g/mol. The van der Waals surface area contributed by atoms with Crippen LogP contribution in [0, 0.1) is 0 Å². The maximum atomic E-state index is 12.2. The molecule has 0 aliphatic carbocycles. The van der Waals surface area contributed by atoms with Gasteiger partial charge in [-0.15, -0.1) is 0 Å². The van der Waals surface area contributed by atoms with Crippen LogP contribution in [-0.4, -0.2) is 33.9 Å². The lowest BCUT2D eigenvalue weighted by Gasteiger charge is -2.13. The number of carboxylic acids is 2. The van der Waals surface area contributed by atoms with Gasteiger partial charge in [-0.25, -0.2) is 4.79 Å². The van der Waals surface area contributed by atoms with Crippen molar-refractivity contribution in [2.24, 2.45) is 0 Å². The van der Waals surface area contributed by atoms with Crippen LogP contribution >= 0.6 is 0 Å². The monoisotopic (exact) mass is 290 g/mol. The molecule has 0 heterocycles. The molecule has 0 spiro atoms. The summed E-state index contributed by atoms with van der Waals surface area (Å²) in [4.78, 5) is 21.1. The molecule has 0 saturated heterocycles. The second-order valence-corrected chi connectivity index (χ2v) is 3.88. The highest BCUT2D eigenvalue weighted by atomic mass is 19.3. The van der Waals surface area contributed by atoms with Gasteiger partial charge in [0.1, 0.15) is 5.75 Å². The number of carbonyl (C=O) groups is 2. The summed E-state index contributed by atoms with van der Waals surface area (Å²) in [5.41, 5.74) is 0.0463. The second kappa shape index (κ2) is 6.80. The Morgan fingerprint density at radius 1 is 1.25 bits per heavy atom. The van der Waals surface area contributed by atoms with Crippen LogP contribution in [0.4, 0.5) is 8.78 Å². The zero-order chi connectivity index (χ0) is 15.3. The molecule has 1 atom stereocenters. The summed E-state index contributed by atoms with van der Waals surface area (Å²) in [5.74, 6) is -2.89. The van der Waals surface area contributed by atoms with Crippen molar-refractivity contribution < 1.29 is 38.4 Å². The van der Waals surface area contributed by atoms with E-state index >= 15 is 0 Å². The largest absolute Gasteiger partial charge is 0.481 e. The van der Waals surface area contributed by atoms with E-state index in [0.29, 0.717) is 0 Å². The van der Waals surface area contributed by atoms with Crippen LogP contribution in [-0.2, 0) is 16.0 Å². The molecule has 0 saturated carbocycles. The lowest BCUT2D eigenvalue weighted by molar-refractivity contribution is -0.147. The molecule has 110 valence electrons. The fourth-order valence-corrected chi connectivity index (χ4v) is 1.56. The van der Waals surface area contributed by atoms with Crippen molar-refractivity contribution >= 4 is 11.9 Å². The molecule has 8 heteroatoms. The highest BCUT2D eigenvalue weighted by Crippen LogP contribution is 2.26. The van der Waals surface area contributed by atoms with Crippen molar-refractivity contribution in [3.05, 3.63) is 29.3 Å². The molecule has 0 radical (unpaired) electrons. The number of halogens is 2. The van der Waals surface area contributed by atoms with Gasteiger partial charge in [-0.2, -0.15) is 8.78 Å². The Labute approximate surface area is 112 Å². The van der Waals surface area contributed by atoms with E-state index in [0.717, 1.165) is 18.2 Å². The molecule has 0 fully saturated rings. The van der Waals surface area contributed by atoms with E-state index in [-0.39, 0.29) is 29.7 Å². The van der Waals surface area contributed by atoms with E-state index in [9.17, 15) is 23.5 Å². The Morgan fingerprint density at radius 2 is 1.90 bits per heavy atom. The molecule has 1 rings (SSSR count). The smallest absolute Gasteiger partial charge is 0.387 e. The first-order valence-electron chi connectivity index (χ1n) is 5.51. The molecular formula is C12H12F2O6. The topological polar surface area (TPSA) is 104 Å². The van der Waals surface area contributed by atoms with Crippen molar-refractivity contribution in [1.82, 2.24) is 0 Å². The number of ether oxygens (including phenoxy) is 1. The minimum Gasteiger partial charge on any atom is -0.481 e. The predicted octanol–water partition coefficient (Wildman–Crippen LogP) is 1.42. The quantitative estimate of drug-likeness (QED) is 0.701. The summed E-state index contributed by atoms with van der Waals surface area (Å²) >= 11 is 0. The fourth-order valence-electron chi connectivity index (χ4n) is 1.56. The zero-order valence-electron chi connectivity index (χ0n) is 10.1. The van der Waals surface area contributed by atoms with Gasteiger partial charge < -0.3 is 20.1 Å². The number of hydrogen-bond acceptors (Lipinski definition) is 4. The summed E-state index contributed by atoms with van der Waals surface area (Å²) in [6.45, 7) is -3.09. The van der Waals surface area contributed by atoms with Crippen LogP contribution in [0.2, 0.25) is 0 Å². The molecular weight excluding hydrogens is 278 g/mol. The van der Waals surface area contributed by atoms with Gasteiger partial charge in [-0.3, -0.25) is 4.79 Å². The number of aliphatic hydroxyl groups excluding tert-OH is 1. The van der Waals surface area contributed by atoms with E-state index in [1.165, 1.54) is 0 Å². The van der Waals surface area contributed by atoms with Gasteiger partial charge in [0.25, 0.3) is 0 Å². The van der Waals surface area contributed by atoms with Crippen LogP contribution in [0.5, 0.6) is 5.75 Å². The maximum absolute atomic E-state index is 12.2. The summed E-state index contributed by atoms with van der Waals surface area (Å²) in [7, 11) is 0. The van der Waals surface area contributed by atoms with Crippen LogP contribution in [0.15, 0.2) is 18.2 Å². The van der Waals surface area contributed by atoms with Gasteiger partial charge in [0, 0.05) is 6.42 Å². The SMILES string of the molecule is O=C(O)CCc1cc(C(O)C(=O)O)ccc1OC(F)F. The van der Waals surface area contributed by atoms with Crippen LogP contribution < -0.4 is 4.74 Å². The van der Waals surface area contributed by atoms with Gasteiger partial charge in [0.2, 0.25) is 0 Å². The van der Waals surface area contributed by atoms with E-state index in [4.69, 9.17) is 10.2 Å². The van der Waals surface area contributed by atoms with Crippen molar-refractivity contribution in [2.45, 2.75) is 25.6 Å². The van der Waals surface area contributed by atoms with Crippen LogP contribution in [0.3, 0.4) is 0 Å². The first kappa shape index (κ1) is 15.8. The molecule has 1 unspecified atom stereocenters. The molecule has 0 aliphatic rings. The normalized spacial score (nSPS) is 12.2. The van der Waals surface area contributed by atoms with Crippen LogP contribution in [0.1, 0.15) is 23.7 Å². The Balaban J connectivity index is 3.06. The number of alkyl halides is 2. The Morgan fingerprint density at radius 3 is 2.40 bits per heavy atom. The number of aryl methyl sites for hydroxylation is 1. The molecule has 20 heavy (non-hydrogen) atoms. The molecule has 1 aromatic rings. The van der Waals surface area contributed by atoms with Crippen molar-refractivity contribution in [2.75, 3.05) is 0 Å². The molecule has 1 aromatic carbocycles. The molecule has 3 N–H and O–H groups in total. The number of benzene rings is 1.